The highest BCUT2D eigenvalue weighted by Gasteiger charge is 2.71. The van der Waals surface area contributed by atoms with Crippen LogP contribution in [0.2, 0.25) is 0 Å². The second-order valence-electron chi connectivity index (χ2n) is 16.6. The maximum Gasteiger partial charge on any atom is 0.274 e. The summed E-state index contributed by atoms with van der Waals surface area (Å²) < 4.78 is 11.1. The molecular weight excluding hydrogens is 729 g/mol. The van der Waals surface area contributed by atoms with Gasteiger partial charge in [0.25, 0.3) is 11.8 Å². The molecule has 4 fully saturated rings. The van der Waals surface area contributed by atoms with Crippen molar-refractivity contribution in [1.29, 1.82) is 0 Å². The van der Waals surface area contributed by atoms with Crippen molar-refractivity contribution >= 4 is 57.3 Å². The Labute approximate surface area is 334 Å². The first-order chi connectivity index (χ1) is 28.1. The van der Waals surface area contributed by atoms with E-state index in [-0.39, 0.29) is 35.2 Å². The summed E-state index contributed by atoms with van der Waals surface area (Å²) >= 11 is 0. The molecule has 0 bridgehead atoms. The topological polar surface area (TPSA) is 125 Å². The molecule has 4 heterocycles. The Hall–Kier alpha value is -6.68. The molecule has 12 rings (SSSR count). The van der Waals surface area contributed by atoms with Crippen molar-refractivity contribution in [2.75, 3.05) is 27.3 Å². The zero-order valence-corrected chi connectivity index (χ0v) is 32.6. The fraction of sp³-hybridized carbons (Fsp3) is 0.250. The number of Topliss-reactive ketones (excluding diaryl/α,β-unsaturated/α-hetero) is 2. The van der Waals surface area contributed by atoms with E-state index in [9.17, 15) is 19.2 Å². The number of nitrogens with zero attached hydrogens (tertiary/aromatic N) is 2. The second-order valence-corrected chi connectivity index (χ2v) is 16.6. The molecule has 288 valence electrons. The minimum absolute atomic E-state index is 0.0474. The molecule has 2 amide bonds. The van der Waals surface area contributed by atoms with Crippen LogP contribution in [0.15, 0.2) is 96.3 Å². The van der Waals surface area contributed by atoms with Gasteiger partial charge in [0.1, 0.15) is 22.9 Å². The molecule has 6 aliphatic rings. The lowest BCUT2D eigenvalue weighted by Gasteiger charge is -2.28. The van der Waals surface area contributed by atoms with Crippen LogP contribution in [0.1, 0.15) is 76.8 Å². The highest BCUT2D eigenvalue weighted by atomic mass is 16.5. The Morgan fingerprint density at radius 1 is 0.672 bits per heavy atom. The Morgan fingerprint density at radius 2 is 1.22 bits per heavy atom. The molecule has 0 radical (unpaired) electrons. The van der Waals surface area contributed by atoms with Crippen LogP contribution in [-0.2, 0) is 0 Å². The maximum absolute atomic E-state index is 13.6. The van der Waals surface area contributed by atoms with Crippen LogP contribution in [-0.4, -0.2) is 70.5 Å². The third-order valence-electron chi connectivity index (χ3n) is 13.5. The summed E-state index contributed by atoms with van der Waals surface area (Å²) in [5.74, 6) is 1.98. The van der Waals surface area contributed by atoms with Crippen molar-refractivity contribution in [2.45, 2.75) is 26.7 Å². The van der Waals surface area contributed by atoms with Gasteiger partial charge in [0, 0.05) is 57.5 Å². The van der Waals surface area contributed by atoms with Gasteiger partial charge in [-0.2, -0.15) is 0 Å². The van der Waals surface area contributed by atoms with E-state index in [0.29, 0.717) is 36.0 Å². The van der Waals surface area contributed by atoms with Crippen LogP contribution in [0.3, 0.4) is 0 Å². The standard InChI is InChI=1S/C25H22N2O4.C23H18N2O2/c1-13-19(30-2)9-15-8-18(26-21(15)22(13)31-3)24(29)27-12-16-11-25(16)20(27)10-14-6-4-5-7-17(14)23(25)28;1-13-6-7-18-15(8-13)9-19(24-18)22(27)25-12-16-11-23(16)20(25)10-14-4-2-3-5-17(14)21(23)26/h4-10,16,26H,11-12H2,1-3H3;2-10,16,24H,11-12H2,1H3. The summed E-state index contributed by atoms with van der Waals surface area (Å²) in [6, 6.07) is 27.1. The molecule has 4 unspecified atom stereocenters. The molecule has 10 nitrogen and oxygen atoms in total. The molecule has 4 aromatic carbocycles. The highest BCUT2D eigenvalue weighted by Crippen LogP contribution is 2.68. The van der Waals surface area contributed by atoms with E-state index in [1.807, 2.05) is 104 Å². The zero-order chi connectivity index (χ0) is 39.8. The molecule has 6 aromatic rings. The predicted molar refractivity (Wildman–Crippen MR) is 220 cm³/mol. The number of rotatable bonds is 4. The van der Waals surface area contributed by atoms with Gasteiger partial charge in [-0.25, -0.2) is 0 Å². The number of hydrogen-bond acceptors (Lipinski definition) is 6. The Bertz CT molecular complexity index is 2930. The molecule has 4 aliphatic carbocycles. The first kappa shape index (κ1) is 34.6. The number of hydrogen-bond donors (Lipinski definition) is 2. The Morgan fingerprint density at radius 3 is 1.79 bits per heavy atom. The number of amides is 2. The monoisotopic (exact) mass is 768 g/mol. The van der Waals surface area contributed by atoms with Gasteiger partial charge in [0.15, 0.2) is 11.6 Å². The average Bonchev–Trinajstić information content (AvgIpc) is 3.83. The maximum atomic E-state index is 13.6. The number of carbonyl (C=O) groups excluding carboxylic acids is 4. The van der Waals surface area contributed by atoms with Crippen LogP contribution >= 0.6 is 0 Å². The summed E-state index contributed by atoms with van der Waals surface area (Å²) in [6.45, 7) is 5.16. The van der Waals surface area contributed by atoms with Crippen molar-refractivity contribution < 1.29 is 28.7 Å². The molecule has 4 atom stereocenters. The van der Waals surface area contributed by atoms with Gasteiger partial charge in [-0.05, 0) is 92.1 Å². The molecule has 2 aromatic heterocycles. The summed E-state index contributed by atoms with van der Waals surface area (Å²) in [7, 11) is 3.23. The molecule has 58 heavy (non-hydrogen) atoms. The largest absolute Gasteiger partial charge is 0.496 e. The lowest BCUT2D eigenvalue weighted by Crippen LogP contribution is -2.34. The number of H-pyrrole nitrogens is 2. The fourth-order valence-corrected chi connectivity index (χ4v) is 10.4. The number of ether oxygens (including phenoxy) is 2. The second kappa shape index (κ2) is 11.9. The number of allylic oxidation sites excluding steroid dienone is 2. The molecule has 2 N–H and O–H groups in total. The lowest BCUT2D eigenvalue weighted by atomic mass is 9.83. The fourth-order valence-electron chi connectivity index (χ4n) is 10.4. The van der Waals surface area contributed by atoms with Crippen molar-refractivity contribution in [1.82, 2.24) is 19.8 Å². The third-order valence-corrected chi connectivity index (χ3v) is 13.5. The molecule has 10 heteroatoms. The van der Waals surface area contributed by atoms with Crippen LogP contribution in [0.4, 0.5) is 0 Å². The number of nitrogens with one attached hydrogen (secondary N) is 2. The number of piperidine rings is 2. The number of aromatic amines is 2. The number of methoxy groups -OCH3 is 2. The summed E-state index contributed by atoms with van der Waals surface area (Å²) in [5.41, 5.74) is 8.92. The Balaban J connectivity index is 0.000000134. The summed E-state index contributed by atoms with van der Waals surface area (Å²) in [5, 5.41) is 1.89. The number of likely N-dealkylation sites (tertiary alicyclic amines) is 2. The van der Waals surface area contributed by atoms with Gasteiger partial charge in [-0.15, -0.1) is 0 Å². The smallest absolute Gasteiger partial charge is 0.274 e. The van der Waals surface area contributed by atoms with E-state index in [1.165, 1.54) is 5.56 Å². The number of fused-ring (bicyclic) bond motifs is 4. The van der Waals surface area contributed by atoms with E-state index >= 15 is 0 Å². The van der Waals surface area contributed by atoms with Crippen molar-refractivity contribution in [3.63, 3.8) is 0 Å². The van der Waals surface area contributed by atoms with Gasteiger partial charge < -0.3 is 29.2 Å². The minimum Gasteiger partial charge on any atom is -0.496 e. The molecular formula is C48H40N4O6. The van der Waals surface area contributed by atoms with Crippen molar-refractivity contribution in [3.05, 3.63) is 141 Å². The number of aryl methyl sites for hydroxylation is 1. The SMILES string of the molecule is COc1cc2cc(C(=O)N3CC4CC45C(=O)c4ccccc4C=C35)[nH]c2c(OC)c1C.Cc1ccc2[nH]c(C(=O)N3CC4CC45C(=O)c4ccccc4C=C35)cc2c1. The van der Waals surface area contributed by atoms with Crippen LogP contribution < -0.4 is 9.47 Å². The Kier molecular flexibility index (Phi) is 7.10. The van der Waals surface area contributed by atoms with Gasteiger partial charge in [-0.3, -0.25) is 19.2 Å². The minimum atomic E-state index is -0.520. The molecule has 2 aliphatic heterocycles. The first-order valence-corrected chi connectivity index (χ1v) is 19.8. The van der Waals surface area contributed by atoms with Gasteiger partial charge in [0.2, 0.25) is 0 Å². The normalized spacial score (nSPS) is 24.1. The molecule has 2 saturated carbocycles. The summed E-state index contributed by atoms with van der Waals surface area (Å²) in [6.07, 6.45) is 5.76. The third kappa shape index (κ3) is 4.59. The average molecular weight is 769 g/mol. The van der Waals surface area contributed by atoms with E-state index in [0.717, 1.165) is 73.9 Å². The van der Waals surface area contributed by atoms with E-state index in [1.54, 1.807) is 19.1 Å². The van der Waals surface area contributed by atoms with Crippen molar-refractivity contribution in [2.24, 2.45) is 22.7 Å². The van der Waals surface area contributed by atoms with Gasteiger partial charge in [-0.1, -0.05) is 60.2 Å². The number of ketones is 2. The lowest BCUT2D eigenvalue weighted by molar-refractivity contribution is 0.0787. The molecule has 2 saturated heterocycles. The van der Waals surface area contributed by atoms with Gasteiger partial charge in [0.05, 0.1) is 30.6 Å². The van der Waals surface area contributed by atoms with Gasteiger partial charge >= 0.3 is 0 Å². The molecule has 2 spiro atoms. The predicted octanol–water partition coefficient (Wildman–Crippen LogP) is 8.37. The number of benzene rings is 4. The van der Waals surface area contributed by atoms with E-state index < -0.39 is 10.8 Å². The van der Waals surface area contributed by atoms with E-state index in [4.69, 9.17) is 9.47 Å². The number of aromatic nitrogens is 2. The summed E-state index contributed by atoms with van der Waals surface area (Å²) in [4.78, 5) is 63.4. The first-order valence-electron chi connectivity index (χ1n) is 19.8. The van der Waals surface area contributed by atoms with Crippen LogP contribution in [0.25, 0.3) is 34.0 Å². The van der Waals surface area contributed by atoms with Crippen LogP contribution in [0.5, 0.6) is 11.5 Å². The van der Waals surface area contributed by atoms with Crippen molar-refractivity contribution in [3.8, 4) is 11.5 Å². The highest BCUT2D eigenvalue weighted by molar-refractivity contribution is 6.14. The zero-order valence-electron chi connectivity index (χ0n) is 32.6. The quantitative estimate of drug-likeness (QED) is 0.186. The number of carbonyl (C=O) groups is 4. The van der Waals surface area contributed by atoms with Crippen LogP contribution in [0, 0.1) is 36.5 Å². The van der Waals surface area contributed by atoms with E-state index in [2.05, 4.69) is 22.1 Å².